The largest absolute Gasteiger partial charge is 0.343 e. The lowest BCUT2D eigenvalue weighted by atomic mass is 9.99. The molecule has 88 valence electrons. The van der Waals surface area contributed by atoms with E-state index in [1.165, 1.54) is 45.8 Å². The van der Waals surface area contributed by atoms with E-state index in [1.807, 2.05) is 0 Å². The van der Waals surface area contributed by atoms with Gasteiger partial charge in [0.25, 0.3) is 0 Å². The van der Waals surface area contributed by atoms with Gasteiger partial charge in [0.05, 0.1) is 5.52 Å². The summed E-state index contributed by atoms with van der Waals surface area (Å²) in [7, 11) is 2.18. The van der Waals surface area contributed by atoms with Gasteiger partial charge in [0.1, 0.15) is 0 Å². The Morgan fingerprint density at radius 2 is 1.89 bits per heavy atom. The molecule has 4 rings (SSSR count). The molecule has 0 bridgehead atoms. The quantitative estimate of drug-likeness (QED) is 0.546. The predicted molar refractivity (Wildman–Crippen MR) is 77.8 cm³/mol. The van der Waals surface area contributed by atoms with Crippen LogP contribution in [0.4, 0.5) is 0 Å². The van der Waals surface area contributed by atoms with Crippen LogP contribution in [-0.4, -0.2) is 4.57 Å². The summed E-state index contributed by atoms with van der Waals surface area (Å²) in [4.78, 5) is 0. The van der Waals surface area contributed by atoms with Crippen molar-refractivity contribution < 1.29 is 0 Å². The van der Waals surface area contributed by atoms with Crippen LogP contribution in [0.1, 0.15) is 17.7 Å². The van der Waals surface area contributed by atoms with Crippen molar-refractivity contribution in [2.45, 2.75) is 12.8 Å². The average Bonchev–Trinajstić information content (AvgIpc) is 2.73. The van der Waals surface area contributed by atoms with Crippen molar-refractivity contribution >= 4 is 27.8 Å². The molecule has 1 heteroatoms. The van der Waals surface area contributed by atoms with Crippen molar-refractivity contribution in [1.29, 1.82) is 0 Å². The van der Waals surface area contributed by atoms with Crippen LogP contribution in [0.15, 0.2) is 42.5 Å². The maximum Gasteiger partial charge on any atom is 0.0565 e. The number of fused-ring (bicyclic) bond motifs is 5. The Bertz CT molecular complexity index is 790. The van der Waals surface area contributed by atoms with E-state index in [-0.39, 0.29) is 0 Å². The molecule has 1 aromatic heterocycles. The molecule has 2 aromatic carbocycles. The first kappa shape index (κ1) is 9.95. The van der Waals surface area contributed by atoms with Crippen LogP contribution in [0.3, 0.4) is 0 Å². The number of aryl methyl sites for hydroxylation is 2. The molecule has 0 unspecified atom stereocenters. The number of allylic oxidation sites excluding steroid dienone is 1. The minimum absolute atomic E-state index is 1.17. The number of rotatable bonds is 0. The molecule has 3 aromatic rings. The van der Waals surface area contributed by atoms with Crippen LogP contribution in [0.2, 0.25) is 0 Å². The van der Waals surface area contributed by atoms with Gasteiger partial charge in [0.15, 0.2) is 0 Å². The fraction of sp³-hybridized carbons (Fsp3) is 0.176. The molecule has 0 spiro atoms. The van der Waals surface area contributed by atoms with Crippen LogP contribution in [0.25, 0.3) is 27.8 Å². The second-order valence-corrected chi connectivity index (χ2v) is 5.05. The highest BCUT2D eigenvalue weighted by atomic mass is 14.9. The van der Waals surface area contributed by atoms with Gasteiger partial charge in [0, 0.05) is 23.5 Å². The Morgan fingerprint density at radius 3 is 2.83 bits per heavy atom. The summed E-state index contributed by atoms with van der Waals surface area (Å²) in [6, 6.07) is 13.2. The summed E-state index contributed by atoms with van der Waals surface area (Å²) in [5, 5.41) is 4.11. The molecule has 0 radical (unpaired) electrons. The Balaban J connectivity index is 2.27. The normalized spacial score (nSPS) is 14.3. The monoisotopic (exact) mass is 233 g/mol. The number of hydrogen-bond acceptors (Lipinski definition) is 0. The maximum atomic E-state index is 2.35. The molecule has 0 atom stereocenters. The lowest BCUT2D eigenvalue weighted by Gasteiger charge is -2.06. The van der Waals surface area contributed by atoms with Gasteiger partial charge in [-0.15, -0.1) is 0 Å². The van der Waals surface area contributed by atoms with Gasteiger partial charge in [0.2, 0.25) is 0 Å². The van der Waals surface area contributed by atoms with E-state index in [2.05, 4.69) is 60.2 Å². The van der Waals surface area contributed by atoms with E-state index in [0.29, 0.717) is 0 Å². The van der Waals surface area contributed by atoms with E-state index >= 15 is 0 Å². The molecular formula is C17H15N. The summed E-state index contributed by atoms with van der Waals surface area (Å²) in [5.74, 6) is 0. The number of nitrogens with zero attached hydrogens (tertiary/aromatic N) is 1. The van der Waals surface area contributed by atoms with Crippen LogP contribution >= 0.6 is 0 Å². The first-order valence-electron chi connectivity index (χ1n) is 6.52. The number of aromatic nitrogens is 1. The second kappa shape index (κ2) is 3.49. The third-order valence-corrected chi connectivity index (χ3v) is 4.07. The average molecular weight is 233 g/mol. The van der Waals surface area contributed by atoms with Crippen molar-refractivity contribution in [3.8, 4) is 0 Å². The Kier molecular flexibility index (Phi) is 1.93. The SMILES string of the molecule is Cn1c2c(c3ccc4ccccc4c31)CCC=C2. The molecule has 1 aliphatic carbocycles. The minimum atomic E-state index is 1.17. The smallest absolute Gasteiger partial charge is 0.0565 e. The Labute approximate surface area is 106 Å². The van der Waals surface area contributed by atoms with Crippen molar-refractivity contribution in [3.05, 3.63) is 53.7 Å². The molecule has 0 N–H and O–H groups in total. The zero-order valence-corrected chi connectivity index (χ0v) is 10.5. The zero-order valence-electron chi connectivity index (χ0n) is 10.5. The summed E-state index contributed by atoms with van der Waals surface area (Å²) in [5.41, 5.74) is 4.28. The van der Waals surface area contributed by atoms with Crippen LogP contribution in [0, 0.1) is 0 Å². The van der Waals surface area contributed by atoms with Gasteiger partial charge < -0.3 is 4.57 Å². The number of hydrogen-bond donors (Lipinski definition) is 0. The third-order valence-electron chi connectivity index (χ3n) is 4.07. The van der Waals surface area contributed by atoms with Crippen LogP contribution in [0.5, 0.6) is 0 Å². The summed E-state index contributed by atoms with van der Waals surface area (Å²) >= 11 is 0. The lowest BCUT2D eigenvalue weighted by molar-refractivity contribution is 0.910. The van der Waals surface area contributed by atoms with E-state index < -0.39 is 0 Å². The Morgan fingerprint density at radius 1 is 1.00 bits per heavy atom. The van der Waals surface area contributed by atoms with Gasteiger partial charge in [-0.1, -0.05) is 42.5 Å². The van der Waals surface area contributed by atoms with Crippen molar-refractivity contribution in [1.82, 2.24) is 4.57 Å². The fourth-order valence-electron chi connectivity index (χ4n) is 3.22. The first-order valence-corrected chi connectivity index (χ1v) is 6.52. The summed E-state index contributed by atoms with van der Waals surface area (Å²) in [6.45, 7) is 0. The van der Waals surface area contributed by atoms with E-state index in [0.717, 1.165) is 0 Å². The zero-order chi connectivity index (χ0) is 12.1. The van der Waals surface area contributed by atoms with E-state index in [4.69, 9.17) is 0 Å². The van der Waals surface area contributed by atoms with E-state index in [1.54, 1.807) is 0 Å². The highest BCUT2D eigenvalue weighted by Gasteiger charge is 2.16. The highest BCUT2D eigenvalue weighted by Crippen LogP contribution is 2.34. The Hall–Kier alpha value is -2.02. The number of benzene rings is 2. The van der Waals surface area contributed by atoms with Gasteiger partial charge in [-0.05, 0) is 29.9 Å². The maximum absolute atomic E-state index is 2.35. The van der Waals surface area contributed by atoms with E-state index in [9.17, 15) is 0 Å². The molecule has 0 aliphatic heterocycles. The molecule has 1 nitrogen and oxygen atoms in total. The standard InChI is InChI=1S/C17H15N/c1-18-16-9-5-4-8-14(16)15-11-10-12-6-2-3-7-13(12)17(15)18/h2-3,5-7,9-11H,4,8H2,1H3. The molecule has 0 saturated heterocycles. The van der Waals surface area contributed by atoms with Crippen molar-refractivity contribution in [2.24, 2.45) is 7.05 Å². The molecule has 18 heavy (non-hydrogen) atoms. The van der Waals surface area contributed by atoms with Gasteiger partial charge in [-0.25, -0.2) is 0 Å². The van der Waals surface area contributed by atoms with Crippen molar-refractivity contribution in [2.75, 3.05) is 0 Å². The topological polar surface area (TPSA) is 4.93 Å². The predicted octanol–water partition coefficient (Wildman–Crippen LogP) is 4.29. The van der Waals surface area contributed by atoms with Crippen LogP contribution < -0.4 is 0 Å². The van der Waals surface area contributed by atoms with Crippen LogP contribution in [-0.2, 0) is 13.5 Å². The first-order chi connectivity index (χ1) is 8.86. The van der Waals surface area contributed by atoms with Crippen molar-refractivity contribution in [3.63, 3.8) is 0 Å². The molecule has 1 heterocycles. The van der Waals surface area contributed by atoms with Gasteiger partial charge >= 0.3 is 0 Å². The second-order valence-electron chi connectivity index (χ2n) is 5.05. The summed E-state index contributed by atoms with van der Waals surface area (Å²) in [6.07, 6.45) is 6.89. The molecular weight excluding hydrogens is 218 g/mol. The summed E-state index contributed by atoms with van der Waals surface area (Å²) < 4.78 is 2.35. The van der Waals surface area contributed by atoms with Gasteiger partial charge in [-0.2, -0.15) is 0 Å². The highest BCUT2D eigenvalue weighted by molar-refractivity contribution is 6.08. The molecule has 0 amide bonds. The fourth-order valence-corrected chi connectivity index (χ4v) is 3.22. The van der Waals surface area contributed by atoms with Gasteiger partial charge in [-0.3, -0.25) is 0 Å². The molecule has 0 fully saturated rings. The lowest BCUT2D eigenvalue weighted by Crippen LogP contribution is -1.96. The minimum Gasteiger partial charge on any atom is -0.343 e. The molecule has 1 aliphatic rings. The molecule has 0 saturated carbocycles. The third kappa shape index (κ3) is 1.16.